The summed E-state index contributed by atoms with van der Waals surface area (Å²) in [6.07, 6.45) is 2.86. The van der Waals surface area contributed by atoms with Gasteiger partial charge in [0.05, 0.1) is 31.7 Å². The summed E-state index contributed by atoms with van der Waals surface area (Å²) in [4.78, 5) is 36.9. The normalized spacial score (nSPS) is 17.0. The number of nitrogens with two attached hydrogens (primary N) is 1. The molecule has 1 fully saturated rings. The minimum Gasteiger partial charge on any atom is -0.445 e. The number of hydrogen-bond acceptors (Lipinski definition) is 5. The van der Waals surface area contributed by atoms with E-state index in [0.717, 1.165) is 31.2 Å². The van der Waals surface area contributed by atoms with Crippen LogP contribution < -0.4 is 11.1 Å². The van der Waals surface area contributed by atoms with Gasteiger partial charge in [0, 0.05) is 6.54 Å². The molecular formula is C21H31N3O5. The second-order valence-corrected chi connectivity index (χ2v) is 7.22. The van der Waals surface area contributed by atoms with Gasteiger partial charge >= 0.3 is 6.09 Å². The lowest BCUT2D eigenvalue weighted by Crippen LogP contribution is -2.40. The first-order valence-electron chi connectivity index (χ1n) is 10.1. The molecular weight excluding hydrogens is 374 g/mol. The molecule has 1 saturated heterocycles. The molecule has 1 aromatic carbocycles. The van der Waals surface area contributed by atoms with Gasteiger partial charge < -0.3 is 25.4 Å². The quantitative estimate of drug-likeness (QED) is 0.585. The van der Waals surface area contributed by atoms with Crippen molar-refractivity contribution in [3.63, 3.8) is 0 Å². The maximum Gasteiger partial charge on any atom is 0.410 e. The molecule has 8 heteroatoms. The van der Waals surface area contributed by atoms with Crippen molar-refractivity contribution in [3.05, 3.63) is 35.9 Å². The second-order valence-electron chi connectivity index (χ2n) is 7.22. The fraction of sp³-hybridized carbons (Fsp3) is 0.571. The van der Waals surface area contributed by atoms with E-state index in [1.54, 1.807) is 4.90 Å². The first-order chi connectivity index (χ1) is 14.0. The standard InChI is InChI=1S/C21H31N3O5/c1-2-7-18(12-20(26)23-13-19(22)25)28-15-17-10-6-11-24(17)21(27)29-14-16-8-4-3-5-9-16/h3-5,8-9,17-18H,2,6-7,10-15H2,1H3,(H2,22,25)(H,23,26)/t17-,18?/m0/s1. The van der Waals surface area contributed by atoms with Crippen LogP contribution in [0.4, 0.5) is 4.79 Å². The second kappa shape index (κ2) is 12.1. The summed E-state index contributed by atoms with van der Waals surface area (Å²) in [5, 5.41) is 2.48. The minimum atomic E-state index is -0.582. The Labute approximate surface area is 171 Å². The lowest BCUT2D eigenvalue weighted by molar-refractivity contribution is -0.127. The highest BCUT2D eigenvalue weighted by molar-refractivity contribution is 5.83. The molecule has 0 radical (unpaired) electrons. The summed E-state index contributed by atoms with van der Waals surface area (Å²) < 4.78 is 11.4. The van der Waals surface area contributed by atoms with E-state index in [9.17, 15) is 14.4 Å². The molecule has 1 aliphatic rings. The van der Waals surface area contributed by atoms with Crippen molar-refractivity contribution in [3.8, 4) is 0 Å². The third-order valence-corrected chi connectivity index (χ3v) is 4.82. The Balaban J connectivity index is 1.80. The van der Waals surface area contributed by atoms with Crippen LogP contribution in [-0.4, -0.2) is 54.6 Å². The molecule has 0 spiro atoms. The van der Waals surface area contributed by atoms with Crippen LogP contribution in [0.25, 0.3) is 0 Å². The molecule has 29 heavy (non-hydrogen) atoms. The van der Waals surface area contributed by atoms with Crippen LogP contribution in [0.1, 0.15) is 44.6 Å². The number of nitrogens with one attached hydrogen (secondary N) is 1. The number of rotatable bonds is 11. The predicted molar refractivity (Wildman–Crippen MR) is 108 cm³/mol. The van der Waals surface area contributed by atoms with Crippen molar-refractivity contribution in [2.24, 2.45) is 5.73 Å². The maximum absolute atomic E-state index is 12.5. The third kappa shape index (κ3) is 8.11. The summed E-state index contributed by atoms with van der Waals surface area (Å²) in [5.74, 6) is -0.852. The Bertz CT molecular complexity index is 668. The summed E-state index contributed by atoms with van der Waals surface area (Å²) in [7, 11) is 0. The number of carbonyl (C=O) groups excluding carboxylic acids is 3. The van der Waals surface area contributed by atoms with Crippen molar-refractivity contribution in [2.45, 2.75) is 57.8 Å². The molecule has 3 N–H and O–H groups in total. The number of primary amides is 1. The number of hydrogen-bond donors (Lipinski definition) is 2. The molecule has 1 heterocycles. The average Bonchev–Trinajstić information content (AvgIpc) is 3.18. The van der Waals surface area contributed by atoms with Gasteiger partial charge in [-0.25, -0.2) is 4.79 Å². The summed E-state index contributed by atoms with van der Waals surface area (Å²) >= 11 is 0. The van der Waals surface area contributed by atoms with Crippen molar-refractivity contribution in [1.29, 1.82) is 0 Å². The van der Waals surface area contributed by atoms with Gasteiger partial charge in [0.15, 0.2) is 0 Å². The zero-order chi connectivity index (χ0) is 21.1. The van der Waals surface area contributed by atoms with Gasteiger partial charge in [0.2, 0.25) is 11.8 Å². The molecule has 0 aliphatic carbocycles. The Morgan fingerprint density at radius 3 is 2.72 bits per heavy atom. The zero-order valence-corrected chi connectivity index (χ0v) is 17.0. The number of nitrogens with zero attached hydrogens (tertiary/aromatic N) is 1. The number of carbonyl (C=O) groups is 3. The monoisotopic (exact) mass is 405 g/mol. The molecule has 1 aliphatic heterocycles. The fourth-order valence-electron chi connectivity index (χ4n) is 3.33. The van der Waals surface area contributed by atoms with E-state index in [0.29, 0.717) is 13.2 Å². The van der Waals surface area contributed by atoms with Crippen molar-refractivity contribution < 1.29 is 23.9 Å². The van der Waals surface area contributed by atoms with E-state index in [-0.39, 0.29) is 43.7 Å². The van der Waals surface area contributed by atoms with E-state index in [1.807, 2.05) is 37.3 Å². The smallest absolute Gasteiger partial charge is 0.410 e. The van der Waals surface area contributed by atoms with Gasteiger partial charge in [-0.15, -0.1) is 0 Å². The van der Waals surface area contributed by atoms with Crippen molar-refractivity contribution in [2.75, 3.05) is 19.7 Å². The Morgan fingerprint density at radius 2 is 2.03 bits per heavy atom. The largest absolute Gasteiger partial charge is 0.445 e. The highest BCUT2D eigenvalue weighted by Gasteiger charge is 2.31. The van der Waals surface area contributed by atoms with Crippen LogP contribution in [-0.2, 0) is 25.7 Å². The Kier molecular flexibility index (Phi) is 9.43. The molecule has 1 unspecified atom stereocenters. The first-order valence-corrected chi connectivity index (χ1v) is 10.1. The third-order valence-electron chi connectivity index (χ3n) is 4.82. The molecule has 0 bridgehead atoms. The SMILES string of the molecule is CCCC(CC(=O)NCC(N)=O)OC[C@@H]1CCCN1C(=O)OCc1ccccc1. The van der Waals surface area contributed by atoms with E-state index < -0.39 is 5.91 Å². The summed E-state index contributed by atoms with van der Waals surface area (Å²) in [6, 6.07) is 9.49. The zero-order valence-electron chi connectivity index (χ0n) is 17.0. The molecule has 0 aromatic heterocycles. The molecule has 160 valence electrons. The van der Waals surface area contributed by atoms with E-state index in [2.05, 4.69) is 5.32 Å². The van der Waals surface area contributed by atoms with Crippen LogP contribution in [0.15, 0.2) is 30.3 Å². The average molecular weight is 405 g/mol. The lowest BCUT2D eigenvalue weighted by atomic mass is 10.1. The van der Waals surface area contributed by atoms with Crippen LogP contribution in [0, 0.1) is 0 Å². The van der Waals surface area contributed by atoms with Gasteiger partial charge in [0.25, 0.3) is 0 Å². The number of likely N-dealkylation sites (tertiary alicyclic amines) is 1. The van der Waals surface area contributed by atoms with Crippen molar-refractivity contribution >= 4 is 17.9 Å². The lowest BCUT2D eigenvalue weighted by Gasteiger charge is -2.26. The Morgan fingerprint density at radius 1 is 1.28 bits per heavy atom. The fourth-order valence-corrected chi connectivity index (χ4v) is 3.33. The minimum absolute atomic E-state index is 0.0636. The van der Waals surface area contributed by atoms with Gasteiger partial charge in [0.1, 0.15) is 6.61 Å². The first kappa shape index (κ1) is 22.7. The predicted octanol–water partition coefficient (Wildman–Crippen LogP) is 1.96. The number of benzene rings is 1. The molecule has 2 atom stereocenters. The topological polar surface area (TPSA) is 111 Å². The Hall–Kier alpha value is -2.61. The molecule has 2 rings (SSSR count). The highest BCUT2D eigenvalue weighted by Crippen LogP contribution is 2.20. The molecule has 0 saturated carbocycles. The summed E-state index contributed by atoms with van der Waals surface area (Å²) in [5.41, 5.74) is 5.99. The highest BCUT2D eigenvalue weighted by atomic mass is 16.6. The maximum atomic E-state index is 12.5. The molecule has 3 amide bonds. The molecule has 8 nitrogen and oxygen atoms in total. The summed E-state index contributed by atoms with van der Waals surface area (Å²) in [6.45, 7) is 3.07. The van der Waals surface area contributed by atoms with Crippen LogP contribution in [0.5, 0.6) is 0 Å². The van der Waals surface area contributed by atoms with Gasteiger partial charge in [-0.05, 0) is 24.8 Å². The van der Waals surface area contributed by atoms with Crippen LogP contribution in [0.2, 0.25) is 0 Å². The number of amides is 3. The van der Waals surface area contributed by atoms with Crippen LogP contribution in [0.3, 0.4) is 0 Å². The number of ether oxygens (including phenoxy) is 2. The van der Waals surface area contributed by atoms with Crippen molar-refractivity contribution in [1.82, 2.24) is 10.2 Å². The van der Waals surface area contributed by atoms with E-state index in [1.165, 1.54) is 0 Å². The van der Waals surface area contributed by atoms with Gasteiger partial charge in [-0.1, -0.05) is 43.7 Å². The van der Waals surface area contributed by atoms with Crippen LogP contribution >= 0.6 is 0 Å². The van der Waals surface area contributed by atoms with E-state index in [4.69, 9.17) is 15.2 Å². The molecule has 1 aromatic rings. The van der Waals surface area contributed by atoms with Gasteiger partial charge in [-0.3, -0.25) is 9.59 Å². The van der Waals surface area contributed by atoms with E-state index >= 15 is 0 Å². The van der Waals surface area contributed by atoms with Gasteiger partial charge in [-0.2, -0.15) is 0 Å².